The SMILES string of the molecule is Cc1cc(Cl)c([CH2][Zn+])c(Cl)c1.[Br-]. The van der Waals surface area contributed by atoms with Gasteiger partial charge in [-0.2, -0.15) is 0 Å². The molecule has 0 bridgehead atoms. The summed E-state index contributed by atoms with van der Waals surface area (Å²) in [6, 6.07) is 3.91. The maximum atomic E-state index is 5.97. The van der Waals surface area contributed by atoms with Crippen molar-refractivity contribution in [3.8, 4) is 0 Å². The Morgan fingerprint density at radius 1 is 1.25 bits per heavy atom. The minimum absolute atomic E-state index is 0. The number of hydrogen-bond donors (Lipinski definition) is 0. The zero-order valence-electron chi connectivity index (χ0n) is 6.70. The standard InChI is InChI=1S/C8H7Cl2.BrH.Zn/c1-5-3-7(9)6(2)8(10)4-5;;/h3-4H,2H2,1H3;1H;/q;;+1/p-1. The predicted octanol–water partition coefficient (Wildman–Crippen LogP) is 0.353. The number of hydrogen-bond acceptors (Lipinski definition) is 0. The number of benzene rings is 1. The summed E-state index contributed by atoms with van der Waals surface area (Å²) in [4.78, 5) is 0. The van der Waals surface area contributed by atoms with Crippen molar-refractivity contribution in [1.29, 1.82) is 0 Å². The van der Waals surface area contributed by atoms with Crippen LogP contribution in [0.2, 0.25) is 10.0 Å². The topological polar surface area (TPSA) is 0 Å². The van der Waals surface area contributed by atoms with Crippen LogP contribution in [0.3, 0.4) is 0 Å². The molecule has 0 aliphatic carbocycles. The molecule has 0 fully saturated rings. The van der Waals surface area contributed by atoms with Crippen molar-refractivity contribution in [1.82, 2.24) is 0 Å². The van der Waals surface area contributed by atoms with Gasteiger partial charge >= 0.3 is 86.7 Å². The molecule has 0 saturated carbocycles. The third-order valence-corrected chi connectivity index (χ3v) is 3.26. The summed E-state index contributed by atoms with van der Waals surface area (Å²) in [7, 11) is 0. The summed E-state index contributed by atoms with van der Waals surface area (Å²) < 4.78 is 0. The van der Waals surface area contributed by atoms with Gasteiger partial charge in [0, 0.05) is 0 Å². The van der Waals surface area contributed by atoms with Gasteiger partial charge in [0.2, 0.25) is 0 Å². The molecular formula is C8H7BrCl2Zn. The number of rotatable bonds is 1. The quantitative estimate of drug-likeness (QED) is 0.656. The second-order valence-electron chi connectivity index (χ2n) is 2.46. The van der Waals surface area contributed by atoms with E-state index in [1.165, 1.54) is 18.3 Å². The second-order valence-corrected chi connectivity index (χ2v) is 4.32. The largest absolute Gasteiger partial charge is 1.00 e. The molecule has 0 heterocycles. The monoisotopic (exact) mass is 316 g/mol. The van der Waals surface area contributed by atoms with Gasteiger partial charge in [-0.25, -0.2) is 0 Å². The van der Waals surface area contributed by atoms with Crippen LogP contribution in [0.4, 0.5) is 0 Å². The Kier molecular flexibility index (Phi) is 6.02. The Bertz CT molecular complexity index is 253. The normalized spacial score (nSPS) is 9.42. The molecule has 0 spiro atoms. The summed E-state index contributed by atoms with van der Waals surface area (Å²) >= 11 is 13.1. The van der Waals surface area contributed by atoms with E-state index in [9.17, 15) is 0 Å². The molecule has 1 rings (SSSR count). The molecule has 1 aromatic carbocycles. The average Bonchev–Trinajstić information content (AvgIpc) is 1.85. The molecule has 12 heavy (non-hydrogen) atoms. The summed E-state index contributed by atoms with van der Waals surface area (Å²) in [6.45, 7) is 1.99. The molecule has 0 unspecified atom stereocenters. The summed E-state index contributed by atoms with van der Waals surface area (Å²) in [5, 5.41) is 2.63. The molecular weight excluding hydrogens is 312 g/mol. The average molecular weight is 319 g/mol. The predicted molar refractivity (Wildman–Crippen MR) is 44.9 cm³/mol. The van der Waals surface area contributed by atoms with Crippen molar-refractivity contribution in [2.45, 2.75) is 11.9 Å². The van der Waals surface area contributed by atoms with Gasteiger partial charge in [-0.3, -0.25) is 0 Å². The van der Waals surface area contributed by atoms with E-state index in [0.717, 1.165) is 26.2 Å². The van der Waals surface area contributed by atoms with Gasteiger partial charge < -0.3 is 17.0 Å². The van der Waals surface area contributed by atoms with Crippen LogP contribution < -0.4 is 17.0 Å². The van der Waals surface area contributed by atoms with Crippen molar-refractivity contribution in [2.24, 2.45) is 0 Å². The molecule has 0 saturated heterocycles. The Morgan fingerprint density at radius 3 is 2.00 bits per heavy atom. The summed E-state index contributed by atoms with van der Waals surface area (Å²) in [5.74, 6) is 0. The van der Waals surface area contributed by atoms with E-state index in [-0.39, 0.29) is 17.0 Å². The zero-order chi connectivity index (χ0) is 8.43. The van der Waals surface area contributed by atoms with Gasteiger partial charge in [0.15, 0.2) is 0 Å². The maximum Gasteiger partial charge on any atom is -1.00 e. The van der Waals surface area contributed by atoms with Crippen molar-refractivity contribution < 1.29 is 35.3 Å². The van der Waals surface area contributed by atoms with Gasteiger partial charge in [0.1, 0.15) is 0 Å². The smallest absolute Gasteiger partial charge is 1.00 e. The van der Waals surface area contributed by atoms with Gasteiger partial charge in [-0.1, -0.05) is 0 Å². The fourth-order valence-electron chi connectivity index (χ4n) is 0.969. The first-order valence-corrected chi connectivity index (χ1v) is 6.24. The van der Waals surface area contributed by atoms with E-state index in [1.807, 2.05) is 19.1 Å². The van der Waals surface area contributed by atoms with E-state index in [2.05, 4.69) is 0 Å². The van der Waals surface area contributed by atoms with Gasteiger partial charge in [0.05, 0.1) is 0 Å². The fourth-order valence-corrected chi connectivity index (χ4v) is 3.55. The summed E-state index contributed by atoms with van der Waals surface area (Å²) in [6.07, 6.45) is 0. The van der Waals surface area contributed by atoms with Crippen molar-refractivity contribution in [3.63, 3.8) is 0 Å². The third-order valence-electron chi connectivity index (χ3n) is 1.54. The van der Waals surface area contributed by atoms with Crippen LogP contribution in [0.25, 0.3) is 0 Å². The van der Waals surface area contributed by atoms with E-state index in [4.69, 9.17) is 23.2 Å². The molecule has 4 heteroatoms. The zero-order valence-corrected chi connectivity index (χ0v) is 12.8. The van der Waals surface area contributed by atoms with Crippen LogP contribution in [-0.4, -0.2) is 0 Å². The number of aryl methyl sites for hydroxylation is 1. The van der Waals surface area contributed by atoms with Gasteiger partial charge in [-0.15, -0.1) is 0 Å². The van der Waals surface area contributed by atoms with Gasteiger partial charge in [-0.05, 0) is 0 Å². The van der Waals surface area contributed by atoms with Gasteiger partial charge in [0.25, 0.3) is 0 Å². The van der Waals surface area contributed by atoms with Crippen LogP contribution in [-0.2, 0) is 23.3 Å². The van der Waals surface area contributed by atoms with E-state index in [1.54, 1.807) is 0 Å². The van der Waals surface area contributed by atoms with E-state index in [0.29, 0.717) is 0 Å². The molecule has 0 radical (unpaired) electrons. The fraction of sp³-hybridized carbons (Fsp3) is 0.250. The minimum Gasteiger partial charge on any atom is -1.00 e. The summed E-state index contributed by atoms with van der Waals surface area (Å²) in [5.41, 5.74) is 2.22. The van der Waals surface area contributed by atoms with Crippen molar-refractivity contribution in [3.05, 3.63) is 33.3 Å². The Labute approximate surface area is 103 Å². The molecule has 1 aromatic rings. The van der Waals surface area contributed by atoms with Crippen LogP contribution >= 0.6 is 23.2 Å². The van der Waals surface area contributed by atoms with Crippen LogP contribution in [0.15, 0.2) is 12.1 Å². The minimum atomic E-state index is 0. The molecule has 0 N–H and O–H groups in total. The Balaban J connectivity index is 0.00000121. The Hall–Kier alpha value is 0.903. The van der Waals surface area contributed by atoms with Crippen molar-refractivity contribution >= 4 is 23.2 Å². The molecule has 0 nitrogen and oxygen atoms in total. The van der Waals surface area contributed by atoms with Crippen LogP contribution in [0.5, 0.6) is 0 Å². The molecule has 0 aliphatic heterocycles. The molecule has 0 aliphatic rings. The molecule has 0 amide bonds. The molecule has 0 atom stereocenters. The first kappa shape index (κ1) is 12.9. The third kappa shape index (κ3) is 2.99. The second kappa shape index (κ2) is 5.60. The first-order valence-electron chi connectivity index (χ1n) is 3.39. The van der Waals surface area contributed by atoms with Crippen molar-refractivity contribution in [2.75, 3.05) is 0 Å². The number of halogens is 3. The molecule has 0 aromatic heterocycles. The van der Waals surface area contributed by atoms with E-state index >= 15 is 0 Å². The van der Waals surface area contributed by atoms with E-state index < -0.39 is 0 Å². The molecule has 62 valence electrons. The van der Waals surface area contributed by atoms with Crippen LogP contribution in [0.1, 0.15) is 11.1 Å². The maximum absolute atomic E-state index is 5.97. The Morgan fingerprint density at radius 2 is 1.67 bits per heavy atom. The first-order chi connectivity index (χ1) is 5.15. The van der Waals surface area contributed by atoms with Crippen LogP contribution in [0, 0.1) is 6.92 Å².